The number of hydrogen-bond donors (Lipinski definition) is 1. The molecule has 0 amide bonds. The second kappa shape index (κ2) is 3.98. The number of hydrogen-bond acceptors (Lipinski definition) is 3. The average molecular weight is 239 g/mol. The van der Waals surface area contributed by atoms with Gasteiger partial charge in [-0.3, -0.25) is 0 Å². The summed E-state index contributed by atoms with van der Waals surface area (Å²) in [5.74, 6) is 0.825. The van der Waals surface area contributed by atoms with Crippen molar-refractivity contribution < 1.29 is 4.74 Å². The number of benzene rings is 1. The third kappa shape index (κ3) is 2.67. The highest BCUT2D eigenvalue weighted by Gasteiger charge is 2.18. The van der Waals surface area contributed by atoms with E-state index in [-0.39, 0.29) is 5.54 Å². The standard InChI is InChI=1S/C12H15ClN2O/c1-12(2,3)15-11-14-7-8-6-9(13)4-5-10(8)16-11/h4-6H,7H2,1-3H3,(H,14,15). The molecule has 4 heteroatoms. The first-order valence-electron chi connectivity index (χ1n) is 5.23. The summed E-state index contributed by atoms with van der Waals surface area (Å²) >= 11 is 5.90. The van der Waals surface area contributed by atoms with E-state index in [1.165, 1.54) is 0 Å². The lowest BCUT2D eigenvalue weighted by Crippen LogP contribution is -2.44. The normalized spacial score (nSPS) is 14.9. The van der Waals surface area contributed by atoms with Crippen molar-refractivity contribution in [2.75, 3.05) is 0 Å². The summed E-state index contributed by atoms with van der Waals surface area (Å²) in [5, 5.41) is 3.92. The first-order valence-corrected chi connectivity index (χ1v) is 5.61. The molecule has 0 spiro atoms. The topological polar surface area (TPSA) is 33.6 Å². The lowest BCUT2D eigenvalue weighted by molar-refractivity contribution is 0.423. The molecule has 0 fully saturated rings. The molecule has 1 aliphatic heterocycles. The highest BCUT2D eigenvalue weighted by Crippen LogP contribution is 2.26. The fraction of sp³-hybridized carbons (Fsp3) is 0.417. The van der Waals surface area contributed by atoms with Crippen LogP contribution in [-0.4, -0.2) is 11.6 Å². The van der Waals surface area contributed by atoms with Gasteiger partial charge in [-0.1, -0.05) is 11.6 Å². The van der Waals surface area contributed by atoms with Gasteiger partial charge >= 0.3 is 0 Å². The van der Waals surface area contributed by atoms with Crippen molar-refractivity contribution in [3.05, 3.63) is 28.8 Å². The van der Waals surface area contributed by atoms with Gasteiger partial charge in [-0.2, -0.15) is 0 Å². The van der Waals surface area contributed by atoms with Crippen molar-refractivity contribution >= 4 is 17.6 Å². The molecule has 0 radical (unpaired) electrons. The van der Waals surface area contributed by atoms with Gasteiger partial charge < -0.3 is 10.1 Å². The van der Waals surface area contributed by atoms with Gasteiger partial charge in [0.1, 0.15) is 5.75 Å². The summed E-state index contributed by atoms with van der Waals surface area (Å²) in [5.41, 5.74) is 0.968. The second-order valence-electron chi connectivity index (χ2n) is 4.85. The Bertz CT molecular complexity index is 435. The van der Waals surface area contributed by atoms with E-state index in [4.69, 9.17) is 16.3 Å². The van der Waals surface area contributed by atoms with Gasteiger partial charge in [0.25, 0.3) is 6.02 Å². The molecule has 0 saturated carbocycles. The van der Waals surface area contributed by atoms with Crippen LogP contribution in [0.2, 0.25) is 5.02 Å². The molecule has 0 unspecified atom stereocenters. The van der Waals surface area contributed by atoms with Crippen LogP contribution >= 0.6 is 11.6 Å². The maximum atomic E-state index is 5.90. The Morgan fingerprint density at radius 3 is 2.81 bits per heavy atom. The summed E-state index contributed by atoms with van der Waals surface area (Å²) in [6.45, 7) is 6.80. The molecule has 1 N–H and O–H groups in total. The van der Waals surface area contributed by atoms with E-state index in [1.54, 1.807) is 0 Å². The molecule has 3 nitrogen and oxygen atoms in total. The minimum atomic E-state index is -0.0528. The fourth-order valence-corrected chi connectivity index (χ4v) is 1.65. The molecular formula is C12H15ClN2O. The molecule has 1 aromatic carbocycles. The van der Waals surface area contributed by atoms with E-state index in [9.17, 15) is 0 Å². The molecule has 2 rings (SSSR count). The summed E-state index contributed by atoms with van der Waals surface area (Å²) < 4.78 is 5.64. The Hall–Kier alpha value is -1.22. The van der Waals surface area contributed by atoms with Crippen molar-refractivity contribution in [3.8, 4) is 5.75 Å². The average Bonchev–Trinajstić information content (AvgIpc) is 2.16. The minimum absolute atomic E-state index is 0.0528. The number of aliphatic imine (C=N–C) groups is 1. The molecule has 1 aromatic rings. The van der Waals surface area contributed by atoms with Gasteiger partial charge in [-0.25, -0.2) is 4.99 Å². The van der Waals surface area contributed by atoms with Gasteiger partial charge in [0.05, 0.1) is 6.54 Å². The van der Waals surface area contributed by atoms with E-state index in [2.05, 4.69) is 31.1 Å². The van der Waals surface area contributed by atoms with E-state index in [0.717, 1.165) is 11.3 Å². The quantitative estimate of drug-likeness (QED) is 0.754. The van der Waals surface area contributed by atoms with Crippen molar-refractivity contribution in [1.29, 1.82) is 0 Å². The summed E-state index contributed by atoms with van der Waals surface area (Å²) in [6, 6.07) is 6.15. The number of nitrogens with one attached hydrogen (secondary N) is 1. The lowest BCUT2D eigenvalue weighted by Gasteiger charge is -2.25. The highest BCUT2D eigenvalue weighted by atomic mass is 35.5. The van der Waals surface area contributed by atoms with Gasteiger partial charge in [0.15, 0.2) is 0 Å². The maximum absolute atomic E-state index is 5.90. The predicted molar refractivity (Wildman–Crippen MR) is 66.1 cm³/mol. The summed E-state index contributed by atoms with van der Waals surface area (Å²) in [7, 11) is 0. The van der Waals surface area contributed by atoms with Gasteiger partial charge in [0, 0.05) is 16.1 Å². The Kier molecular flexibility index (Phi) is 2.80. The first kappa shape index (κ1) is 11.3. The predicted octanol–water partition coefficient (Wildman–Crippen LogP) is 2.98. The van der Waals surface area contributed by atoms with Gasteiger partial charge in [-0.05, 0) is 39.0 Å². The summed E-state index contributed by atoms with van der Waals surface area (Å²) in [6.07, 6.45) is 0. The van der Waals surface area contributed by atoms with Crippen LogP contribution in [0.25, 0.3) is 0 Å². The maximum Gasteiger partial charge on any atom is 0.290 e. The number of rotatable bonds is 0. The van der Waals surface area contributed by atoms with E-state index in [0.29, 0.717) is 17.6 Å². The fourth-order valence-electron chi connectivity index (χ4n) is 1.45. The molecule has 0 aromatic heterocycles. The van der Waals surface area contributed by atoms with Crippen LogP contribution < -0.4 is 10.1 Å². The minimum Gasteiger partial charge on any atom is -0.426 e. The van der Waals surface area contributed by atoms with Crippen LogP contribution in [-0.2, 0) is 6.54 Å². The number of fused-ring (bicyclic) bond motifs is 1. The van der Waals surface area contributed by atoms with Crippen LogP contribution in [0, 0.1) is 0 Å². The highest BCUT2D eigenvalue weighted by molar-refractivity contribution is 6.30. The number of amidine groups is 1. The zero-order valence-electron chi connectivity index (χ0n) is 9.67. The Morgan fingerprint density at radius 2 is 2.12 bits per heavy atom. The first-order chi connectivity index (χ1) is 7.44. The molecule has 86 valence electrons. The SMILES string of the molecule is CC(C)(C)NC1=NCc2cc(Cl)ccc2O1. The monoisotopic (exact) mass is 238 g/mol. The zero-order valence-corrected chi connectivity index (χ0v) is 10.4. The van der Waals surface area contributed by atoms with Crippen LogP contribution in [0.1, 0.15) is 26.3 Å². The molecule has 0 saturated heterocycles. The second-order valence-corrected chi connectivity index (χ2v) is 5.29. The van der Waals surface area contributed by atoms with E-state index >= 15 is 0 Å². The van der Waals surface area contributed by atoms with Gasteiger partial charge in [0.2, 0.25) is 0 Å². The van der Waals surface area contributed by atoms with Crippen LogP contribution in [0.15, 0.2) is 23.2 Å². The third-order valence-corrected chi connectivity index (χ3v) is 2.34. The van der Waals surface area contributed by atoms with Crippen LogP contribution in [0.5, 0.6) is 5.75 Å². The largest absolute Gasteiger partial charge is 0.426 e. The van der Waals surface area contributed by atoms with Crippen molar-refractivity contribution in [3.63, 3.8) is 0 Å². The zero-order chi connectivity index (χ0) is 11.8. The van der Waals surface area contributed by atoms with Gasteiger partial charge in [-0.15, -0.1) is 0 Å². The summed E-state index contributed by atoms with van der Waals surface area (Å²) in [4.78, 5) is 4.32. The van der Waals surface area contributed by atoms with Crippen molar-refractivity contribution in [1.82, 2.24) is 5.32 Å². The third-order valence-electron chi connectivity index (χ3n) is 2.10. The van der Waals surface area contributed by atoms with Crippen LogP contribution in [0.4, 0.5) is 0 Å². The Balaban J connectivity index is 2.16. The Morgan fingerprint density at radius 1 is 1.38 bits per heavy atom. The van der Waals surface area contributed by atoms with E-state index in [1.807, 2.05) is 18.2 Å². The molecule has 1 heterocycles. The van der Waals surface area contributed by atoms with E-state index < -0.39 is 0 Å². The molecule has 0 atom stereocenters. The number of halogens is 1. The molecule has 0 bridgehead atoms. The van der Waals surface area contributed by atoms with Crippen molar-refractivity contribution in [2.24, 2.45) is 4.99 Å². The number of ether oxygens (including phenoxy) is 1. The molecule has 1 aliphatic rings. The molecule has 16 heavy (non-hydrogen) atoms. The van der Waals surface area contributed by atoms with Crippen molar-refractivity contribution in [2.45, 2.75) is 32.9 Å². The smallest absolute Gasteiger partial charge is 0.290 e. The Labute approximate surface area is 100 Å². The molecule has 0 aliphatic carbocycles. The van der Waals surface area contributed by atoms with Crippen LogP contribution in [0.3, 0.4) is 0 Å². The molecular weight excluding hydrogens is 224 g/mol. The lowest BCUT2D eigenvalue weighted by atomic mass is 10.1. The number of nitrogens with zero attached hydrogens (tertiary/aromatic N) is 1.